The zero-order valence-corrected chi connectivity index (χ0v) is 22.1. The highest BCUT2D eigenvalue weighted by atomic mass is 32.2. The SMILES string of the molecule is COc1ccc(/C(=C\c2ccc(F)cc2)C(NS(=O)(=O)c2c(C)cc(C)cc2C)c2ccccc2)cc1. The fourth-order valence-corrected chi connectivity index (χ4v) is 6.27. The molecule has 4 aromatic rings. The molecule has 0 aliphatic heterocycles. The van der Waals surface area contributed by atoms with Gasteiger partial charge in [-0.05, 0) is 84.5 Å². The first kappa shape index (κ1) is 26.3. The lowest BCUT2D eigenvalue weighted by Crippen LogP contribution is -2.30. The van der Waals surface area contributed by atoms with Gasteiger partial charge in [0.05, 0.1) is 18.0 Å². The maximum absolute atomic E-state index is 13.9. The third kappa shape index (κ3) is 6.16. The van der Waals surface area contributed by atoms with Crippen molar-refractivity contribution in [2.45, 2.75) is 31.7 Å². The molecular formula is C31H30FNO3S. The van der Waals surface area contributed by atoms with Gasteiger partial charge in [0, 0.05) is 0 Å². The van der Waals surface area contributed by atoms with Gasteiger partial charge in [-0.1, -0.05) is 72.3 Å². The quantitative estimate of drug-likeness (QED) is 0.257. The number of nitrogens with one attached hydrogen (secondary N) is 1. The smallest absolute Gasteiger partial charge is 0.241 e. The Bertz CT molecular complexity index is 1490. The Kier molecular flexibility index (Phi) is 7.91. The molecule has 0 radical (unpaired) electrons. The van der Waals surface area contributed by atoms with Crippen LogP contribution in [0.15, 0.2) is 95.9 Å². The number of ether oxygens (including phenoxy) is 1. The van der Waals surface area contributed by atoms with E-state index in [2.05, 4.69) is 4.72 Å². The van der Waals surface area contributed by atoms with Crippen LogP contribution >= 0.6 is 0 Å². The topological polar surface area (TPSA) is 55.4 Å². The maximum Gasteiger partial charge on any atom is 0.241 e. The normalized spacial score (nSPS) is 12.8. The molecule has 0 saturated heterocycles. The largest absolute Gasteiger partial charge is 0.497 e. The average molecular weight is 516 g/mol. The summed E-state index contributed by atoms with van der Waals surface area (Å²) in [7, 11) is -2.33. The Morgan fingerprint density at radius 1 is 0.865 bits per heavy atom. The molecule has 0 aromatic heterocycles. The van der Waals surface area contributed by atoms with Crippen molar-refractivity contribution in [1.29, 1.82) is 0 Å². The van der Waals surface area contributed by atoms with Crippen molar-refractivity contribution < 1.29 is 17.5 Å². The number of hydrogen-bond donors (Lipinski definition) is 1. The van der Waals surface area contributed by atoms with Crippen LogP contribution in [0.3, 0.4) is 0 Å². The summed E-state index contributed by atoms with van der Waals surface area (Å²) in [6, 6.07) is 26.0. The maximum atomic E-state index is 13.9. The van der Waals surface area contributed by atoms with E-state index in [0.717, 1.165) is 22.3 Å². The molecule has 0 aliphatic carbocycles. The number of rotatable bonds is 8. The molecule has 0 heterocycles. The summed E-state index contributed by atoms with van der Waals surface area (Å²) in [6.45, 7) is 5.57. The lowest BCUT2D eigenvalue weighted by Gasteiger charge is -2.24. The van der Waals surface area contributed by atoms with Gasteiger partial charge in [0.2, 0.25) is 10.0 Å². The van der Waals surface area contributed by atoms with Crippen molar-refractivity contribution in [3.05, 3.63) is 130 Å². The van der Waals surface area contributed by atoms with Crippen molar-refractivity contribution in [2.75, 3.05) is 7.11 Å². The zero-order chi connectivity index (χ0) is 26.6. The summed E-state index contributed by atoms with van der Waals surface area (Å²) in [5.74, 6) is 0.349. The average Bonchev–Trinajstić information content (AvgIpc) is 2.87. The van der Waals surface area contributed by atoms with Crippen LogP contribution in [0, 0.1) is 26.6 Å². The summed E-state index contributed by atoms with van der Waals surface area (Å²) in [5.41, 5.74) is 5.41. The van der Waals surface area contributed by atoms with Gasteiger partial charge in [-0.2, -0.15) is 4.72 Å². The minimum atomic E-state index is -3.93. The molecule has 1 N–H and O–H groups in total. The Morgan fingerprint density at radius 2 is 1.46 bits per heavy atom. The molecule has 0 fully saturated rings. The highest BCUT2D eigenvalue weighted by molar-refractivity contribution is 7.89. The van der Waals surface area contributed by atoms with Gasteiger partial charge in [0.25, 0.3) is 0 Å². The molecule has 0 aliphatic rings. The fourth-order valence-electron chi connectivity index (χ4n) is 4.62. The molecule has 1 atom stereocenters. The minimum absolute atomic E-state index is 0.273. The van der Waals surface area contributed by atoms with E-state index < -0.39 is 16.1 Å². The summed E-state index contributed by atoms with van der Waals surface area (Å²) in [4.78, 5) is 0.273. The molecular weight excluding hydrogens is 485 g/mol. The minimum Gasteiger partial charge on any atom is -0.497 e. The Balaban J connectivity index is 1.91. The van der Waals surface area contributed by atoms with Gasteiger partial charge >= 0.3 is 0 Å². The number of aryl methyl sites for hydroxylation is 3. The van der Waals surface area contributed by atoms with Crippen molar-refractivity contribution in [3.63, 3.8) is 0 Å². The Hall–Kier alpha value is -3.74. The van der Waals surface area contributed by atoms with Crippen LogP contribution in [0.1, 0.15) is 39.4 Å². The van der Waals surface area contributed by atoms with Gasteiger partial charge in [-0.25, -0.2) is 12.8 Å². The molecule has 37 heavy (non-hydrogen) atoms. The van der Waals surface area contributed by atoms with Crippen LogP contribution in [0.2, 0.25) is 0 Å². The van der Waals surface area contributed by atoms with E-state index in [1.165, 1.54) is 12.1 Å². The highest BCUT2D eigenvalue weighted by Gasteiger charge is 2.28. The number of sulfonamides is 1. The second kappa shape index (κ2) is 11.1. The van der Waals surface area contributed by atoms with E-state index in [0.29, 0.717) is 22.4 Å². The second-order valence-electron chi connectivity index (χ2n) is 9.07. The third-order valence-corrected chi connectivity index (χ3v) is 7.93. The number of methoxy groups -OCH3 is 1. The van der Waals surface area contributed by atoms with Crippen LogP contribution in [0.25, 0.3) is 11.6 Å². The molecule has 6 heteroatoms. The van der Waals surface area contributed by atoms with E-state index in [9.17, 15) is 12.8 Å². The number of halogens is 1. The molecule has 0 bridgehead atoms. The van der Waals surface area contributed by atoms with Crippen LogP contribution < -0.4 is 9.46 Å². The van der Waals surface area contributed by atoms with Crippen molar-refractivity contribution in [3.8, 4) is 5.75 Å². The summed E-state index contributed by atoms with van der Waals surface area (Å²) < 4.78 is 49.7. The van der Waals surface area contributed by atoms with E-state index in [1.54, 1.807) is 19.2 Å². The second-order valence-corrected chi connectivity index (χ2v) is 10.7. The number of benzene rings is 4. The molecule has 190 valence electrons. The van der Waals surface area contributed by atoms with Gasteiger partial charge < -0.3 is 4.74 Å². The lowest BCUT2D eigenvalue weighted by molar-refractivity contribution is 0.415. The van der Waals surface area contributed by atoms with E-state index in [1.807, 2.05) is 93.6 Å². The molecule has 4 aromatic carbocycles. The summed E-state index contributed by atoms with van der Waals surface area (Å²) in [5, 5.41) is 0. The van der Waals surface area contributed by atoms with E-state index in [4.69, 9.17) is 4.74 Å². The molecule has 4 rings (SSSR count). The van der Waals surface area contributed by atoms with Crippen LogP contribution in [0.5, 0.6) is 5.75 Å². The van der Waals surface area contributed by atoms with E-state index >= 15 is 0 Å². The number of hydrogen-bond acceptors (Lipinski definition) is 3. The third-order valence-electron chi connectivity index (χ3n) is 6.21. The zero-order valence-electron chi connectivity index (χ0n) is 21.3. The van der Waals surface area contributed by atoms with E-state index in [-0.39, 0.29) is 10.7 Å². The molecule has 0 saturated carbocycles. The van der Waals surface area contributed by atoms with Crippen molar-refractivity contribution in [2.24, 2.45) is 0 Å². The Labute approximate surface area is 218 Å². The molecule has 4 nitrogen and oxygen atoms in total. The first-order chi connectivity index (χ1) is 17.7. The van der Waals surface area contributed by atoms with Crippen LogP contribution in [-0.2, 0) is 10.0 Å². The summed E-state index contributed by atoms with van der Waals surface area (Å²) in [6.07, 6.45) is 1.89. The first-order valence-corrected chi connectivity index (χ1v) is 13.4. The lowest BCUT2D eigenvalue weighted by atomic mass is 9.92. The Morgan fingerprint density at radius 3 is 2.03 bits per heavy atom. The predicted molar refractivity (Wildman–Crippen MR) is 147 cm³/mol. The van der Waals surface area contributed by atoms with Gasteiger partial charge in [-0.3, -0.25) is 0 Å². The predicted octanol–water partition coefficient (Wildman–Crippen LogP) is 7.02. The standard InChI is InChI=1S/C31H30FNO3S/c1-21-18-22(2)31(23(3)19-21)37(34,35)33-30(26-8-6-5-7-9-26)29(20-24-10-14-27(32)15-11-24)25-12-16-28(36-4)17-13-25/h5-20,30,33H,1-4H3/b29-20+. The van der Waals surface area contributed by atoms with Crippen molar-refractivity contribution >= 4 is 21.7 Å². The molecule has 0 amide bonds. The van der Waals surface area contributed by atoms with Crippen molar-refractivity contribution in [1.82, 2.24) is 4.72 Å². The van der Waals surface area contributed by atoms with Gasteiger partial charge in [0.1, 0.15) is 11.6 Å². The molecule has 0 spiro atoms. The summed E-state index contributed by atoms with van der Waals surface area (Å²) >= 11 is 0. The van der Waals surface area contributed by atoms with Crippen LogP contribution in [0.4, 0.5) is 4.39 Å². The highest BCUT2D eigenvalue weighted by Crippen LogP contribution is 2.35. The van der Waals surface area contributed by atoms with Gasteiger partial charge in [0.15, 0.2) is 0 Å². The van der Waals surface area contributed by atoms with Crippen LogP contribution in [-0.4, -0.2) is 15.5 Å². The van der Waals surface area contributed by atoms with Gasteiger partial charge in [-0.15, -0.1) is 0 Å². The molecule has 1 unspecified atom stereocenters. The first-order valence-electron chi connectivity index (χ1n) is 11.9. The monoisotopic (exact) mass is 515 g/mol. The fraction of sp³-hybridized carbons (Fsp3) is 0.161.